The first-order valence-corrected chi connectivity index (χ1v) is 7.43. The summed E-state index contributed by atoms with van der Waals surface area (Å²) in [4.78, 5) is 4.51. The molecule has 3 aromatic rings. The van der Waals surface area contributed by atoms with Crippen molar-refractivity contribution in [2.75, 3.05) is 5.32 Å². The Bertz CT molecular complexity index is 750. The highest BCUT2D eigenvalue weighted by Gasteiger charge is 2.13. The zero-order valence-corrected chi connectivity index (χ0v) is 12.5. The van der Waals surface area contributed by atoms with Crippen LogP contribution in [0.2, 0.25) is 0 Å². The standard InChI is InChI=1S/C15H16N4S/c1-9-8-20-15(16-9)11(3)17-14-13-7-5-4-6-12(13)10(2)18-19-14/h4-8,11H,1-3H3,(H,17,19). The number of aromatic nitrogens is 3. The number of benzene rings is 1. The van der Waals surface area contributed by atoms with E-state index in [2.05, 4.69) is 44.9 Å². The highest BCUT2D eigenvalue weighted by molar-refractivity contribution is 7.09. The molecule has 5 heteroatoms. The molecule has 3 rings (SSSR count). The van der Waals surface area contributed by atoms with Crippen molar-refractivity contribution >= 4 is 27.9 Å². The van der Waals surface area contributed by atoms with Gasteiger partial charge >= 0.3 is 0 Å². The third-order valence-electron chi connectivity index (χ3n) is 3.23. The molecule has 20 heavy (non-hydrogen) atoms. The maximum atomic E-state index is 4.51. The number of hydrogen-bond acceptors (Lipinski definition) is 5. The van der Waals surface area contributed by atoms with Gasteiger partial charge in [0.05, 0.1) is 11.7 Å². The third-order valence-corrected chi connectivity index (χ3v) is 4.38. The van der Waals surface area contributed by atoms with Crippen LogP contribution >= 0.6 is 11.3 Å². The SMILES string of the molecule is Cc1csc(C(C)Nc2nnc(C)c3ccccc23)n1. The summed E-state index contributed by atoms with van der Waals surface area (Å²) in [7, 11) is 0. The van der Waals surface area contributed by atoms with Crippen LogP contribution in [0.5, 0.6) is 0 Å². The number of hydrogen-bond donors (Lipinski definition) is 1. The van der Waals surface area contributed by atoms with Gasteiger partial charge in [-0.25, -0.2) is 4.98 Å². The Balaban J connectivity index is 1.97. The molecule has 1 atom stereocenters. The molecule has 0 saturated carbocycles. The number of nitrogens with zero attached hydrogens (tertiary/aromatic N) is 3. The minimum atomic E-state index is 0.120. The predicted molar refractivity (Wildman–Crippen MR) is 83.2 cm³/mol. The van der Waals surface area contributed by atoms with Crippen LogP contribution in [-0.4, -0.2) is 15.2 Å². The minimum absolute atomic E-state index is 0.120. The van der Waals surface area contributed by atoms with E-state index in [4.69, 9.17) is 0 Å². The average Bonchev–Trinajstić information content (AvgIpc) is 2.89. The molecule has 0 aliphatic heterocycles. The van der Waals surface area contributed by atoms with Gasteiger partial charge in [-0.3, -0.25) is 0 Å². The van der Waals surface area contributed by atoms with Crippen molar-refractivity contribution in [3.8, 4) is 0 Å². The van der Waals surface area contributed by atoms with Gasteiger partial charge in [0.2, 0.25) is 0 Å². The number of thiazole rings is 1. The molecule has 1 aromatic carbocycles. The molecule has 0 fully saturated rings. The van der Waals surface area contributed by atoms with Gasteiger partial charge in [0.15, 0.2) is 5.82 Å². The third kappa shape index (κ3) is 2.36. The minimum Gasteiger partial charge on any atom is -0.359 e. The second kappa shape index (κ2) is 5.17. The molecular formula is C15H16N4S. The van der Waals surface area contributed by atoms with Gasteiger partial charge in [-0.05, 0) is 20.8 Å². The predicted octanol–water partition coefficient (Wildman–Crippen LogP) is 3.88. The molecule has 0 amide bonds. The summed E-state index contributed by atoms with van der Waals surface area (Å²) in [6.07, 6.45) is 0. The molecule has 1 unspecified atom stereocenters. The molecule has 4 nitrogen and oxygen atoms in total. The van der Waals surface area contributed by atoms with Crippen molar-refractivity contribution in [1.82, 2.24) is 15.2 Å². The summed E-state index contributed by atoms with van der Waals surface area (Å²) < 4.78 is 0. The lowest BCUT2D eigenvalue weighted by Crippen LogP contribution is -2.09. The lowest BCUT2D eigenvalue weighted by molar-refractivity contribution is 0.845. The van der Waals surface area contributed by atoms with E-state index in [0.717, 1.165) is 33.0 Å². The molecule has 0 bridgehead atoms. The second-order valence-electron chi connectivity index (χ2n) is 4.87. The largest absolute Gasteiger partial charge is 0.359 e. The van der Waals surface area contributed by atoms with Crippen molar-refractivity contribution in [3.05, 3.63) is 46.0 Å². The maximum absolute atomic E-state index is 4.51. The van der Waals surface area contributed by atoms with Crippen molar-refractivity contribution in [2.45, 2.75) is 26.8 Å². The Morgan fingerprint density at radius 1 is 1.10 bits per heavy atom. The van der Waals surface area contributed by atoms with Crippen molar-refractivity contribution in [2.24, 2.45) is 0 Å². The summed E-state index contributed by atoms with van der Waals surface area (Å²) in [5, 5.41) is 17.3. The lowest BCUT2D eigenvalue weighted by atomic mass is 10.1. The molecule has 0 saturated heterocycles. The summed E-state index contributed by atoms with van der Waals surface area (Å²) in [6.45, 7) is 6.08. The zero-order valence-electron chi connectivity index (χ0n) is 11.7. The lowest BCUT2D eigenvalue weighted by Gasteiger charge is -2.14. The number of nitrogens with one attached hydrogen (secondary N) is 1. The number of fused-ring (bicyclic) bond motifs is 1. The van der Waals surface area contributed by atoms with Gasteiger partial charge in [-0.2, -0.15) is 5.10 Å². The van der Waals surface area contributed by atoms with Crippen LogP contribution in [0.15, 0.2) is 29.6 Å². The van der Waals surface area contributed by atoms with Crippen LogP contribution in [0.25, 0.3) is 10.8 Å². The molecule has 1 N–H and O–H groups in total. The Morgan fingerprint density at radius 3 is 2.55 bits per heavy atom. The number of anilines is 1. The highest BCUT2D eigenvalue weighted by atomic mass is 32.1. The average molecular weight is 284 g/mol. The monoisotopic (exact) mass is 284 g/mol. The van der Waals surface area contributed by atoms with Crippen molar-refractivity contribution in [1.29, 1.82) is 0 Å². The van der Waals surface area contributed by atoms with E-state index < -0.39 is 0 Å². The normalized spacial score (nSPS) is 12.6. The second-order valence-corrected chi connectivity index (χ2v) is 5.76. The van der Waals surface area contributed by atoms with E-state index in [1.165, 1.54) is 0 Å². The van der Waals surface area contributed by atoms with Crippen LogP contribution in [0.1, 0.15) is 29.4 Å². The quantitative estimate of drug-likeness (QED) is 0.793. The molecule has 2 heterocycles. The number of aryl methyl sites for hydroxylation is 2. The molecule has 0 spiro atoms. The molecular weight excluding hydrogens is 268 g/mol. The summed E-state index contributed by atoms with van der Waals surface area (Å²) >= 11 is 1.66. The van der Waals surface area contributed by atoms with E-state index in [1.807, 2.05) is 26.0 Å². The summed E-state index contributed by atoms with van der Waals surface area (Å²) in [5.74, 6) is 0.812. The Morgan fingerprint density at radius 2 is 1.85 bits per heavy atom. The summed E-state index contributed by atoms with van der Waals surface area (Å²) in [5.41, 5.74) is 2.00. The fraction of sp³-hybridized carbons (Fsp3) is 0.267. The molecule has 2 aromatic heterocycles. The summed E-state index contributed by atoms with van der Waals surface area (Å²) in [6, 6.07) is 8.30. The Kier molecular flexibility index (Phi) is 3.36. The highest BCUT2D eigenvalue weighted by Crippen LogP contribution is 2.27. The first-order valence-electron chi connectivity index (χ1n) is 6.55. The molecule has 0 aliphatic carbocycles. The van der Waals surface area contributed by atoms with E-state index >= 15 is 0 Å². The van der Waals surface area contributed by atoms with Crippen LogP contribution in [0.3, 0.4) is 0 Å². The Hall–Kier alpha value is -2.01. The van der Waals surface area contributed by atoms with E-state index in [1.54, 1.807) is 11.3 Å². The van der Waals surface area contributed by atoms with Gasteiger partial charge in [0, 0.05) is 21.8 Å². The van der Waals surface area contributed by atoms with Gasteiger partial charge in [-0.15, -0.1) is 16.4 Å². The first kappa shape index (κ1) is 13.0. The first-order chi connectivity index (χ1) is 9.65. The van der Waals surface area contributed by atoms with Gasteiger partial charge in [-0.1, -0.05) is 24.3 Å². The smallest absolute Gasteiger partial charge is 0.157 e. The maximum Gasteiger partial charge on any atom is 0.157 e. The van der Waals surface area contributed by atoms with Gasteiger partial charge in [0.25, 0.3) is 0 Å². The van der Waals surface area contributed by atoms with Crippen LogP contribution in [0.4, 0.5) is 5.82 Å². The fourth-order valence-corrected chi connectivity index (χ4v) is 2.99. The van der Waals surface area contributed by atoms with Gasteiger partial charge < -0.3 is 5.32 Å². The van der Waals surface area contributed by atoms with E-state index in [9.17, 15) is 0 Å². The van der Waals surface area contributed by atoms with Crippen LogP contribution in [-0.2, 0) is 0 Å². The van der Waals surface area contributed by atoms with E-state index in [0.29, 0.717) is 0 Å². The Labute approximate surface area is 121 Å². The molecule has 102 valence electrons. The fourth-order valence-electron chi connectivity index (χ4n) is 2.18. The zero-order chi connectivity index (χ0) is 14.1. The topological polar surface area (TPSA) is 50.7 Å². The van der Waals surface area contributed by atoms with E-state index in [-0.39, 0.29) is 6.04 Å². The van der Waals surface area contributed by atoms with Crippen molar-refractivity contribution < 1.29 is 0 Å². The van der Waals surface area contributed by atoms with Crippen LogP contribution < -0.4 is 5.32 Å². The number of rotatable bonds is 3. The molecule has 0 radical (unpaired) electrons. The van der Waals surface area contributed by atoms with Gasteiger partial charge in [0.1, 0.15) is 5.01 Å². The van der Waals surface area contributed by atoms with Crippen LogP contribution in [0, 0.1) is 13.8 Å². The molecule has 0 aliphatic rings. The van der Waals surface area contributed by atoms with Crippen molar-refractivity contribution in [3.63, 3.8) is 0 Å².